The van der Waals surface area contributed by atoms with Crippen molar-refractivity contribution < 1.29 is 9.18 Å². The first-order chi connectivity index (χ1) is 10.6. The summed E-state index contributed by atoms with van der Waals surface area (Å²) < 4.78 is 14.1. The minimum absolute atomic E-state index is 0.195. The summed E-state index contributed by atoms with van der Waals surface area (Å²) in [6, 6.07) is 7.76. The van der Waals surface area contributed by atoms with Gasteiger partial charge in [0.05, 0.1) is 15.5 Å². The lowest BCUT2D eigenvalue weighted by Gasteiger charge is -2.11. The number of amides is 1. The predicted octanol–water partition coefficient (Wildman–Crippen LogP) is 3.95. The number of hydrogen-bond acceptors (Lipinski definition) is 5. The number of carbonyl (C=O) groups excluding carboxylic acids is 1. The van der Waals surface area contributed by atoms with Crippen LogP contribution in [0.3, 0.4) is 0 Å². The fourth-order valence-electron chi connectivity index (χ4n) is 1.88. The average Bonchev–Trinajstić information content (AvgIpc) is 2.96. The van der Waals surface area contributed by atoms with Gasteiger partial charge in [-0.2, -0.15) is 0 Å². The molecule has 2 heterocycles. The van der Waals surface area contributed by atoms with Gasteiger partial charge >= 0.3 is 0 Å². The number of aromatic nitrogens is 2. The second kappa shape index (κ2) is 6.41. The van der Waals surface area contributed by atoms with Crippen LogP contribution in [-0.4, -0.2) is 21.1 Å². The van der Waals surface area contributed by atoms with Crippen molar-refractivity contribution in [1.29, 1.82) is 0 Å². The van der Waals surface area contributed by atoms with E-state index in [1.165, 1.54) is 30.2 Å². The number of thioether (sulfide) groups is 1. The molecule has 0 bridgehead atoms. The smallest absolute Gasteiger partial charge is 0.237 e. The summed E-state index contributed by atoms with van der Waals surface area (Å²) in [7, 11) is 0. The van der Waals surface area contributed by atoms with Crippen molar-refractivity contribution in [2.24, 2.45) is 0 Å². The second-order valence-corrected chi connectivity index (χ2v) is 6.82. The van der Waals surface area contributed by atoms with Crippen molar-refractivity contribution in [2.75, 3.05) is 5.32 Å². The topological polar surface area (TPSA) is 54.9 Å². The fourth-order valence-corrected chi connectivity index (χ4v) is 3.72. The molecule has 0 radical (unpaired) electrons. The van der Waals surface area contributed by atoms with Crippen LogP contribution < -0.4 is 5.32 Å². The molecule has 1 N–H and O–H groups in total. The zero-order valence-corrected chi connectivity index (χ0v) is 13.2. The third-order valence-corrected chi connectivity index (χ3v) is 5.10. The monoisotopic (exact) mass is 333 g/mol. The van der Waals surface area contributed by atoms with E-state index in [0.717, 1.165) is 15.2 Å². The normalized spacial score (nSPS) is 12.3. The largest absolute Gasteiger partial charge is 0.325 e. The van der Waals surface area contributed by atoms with E-state index in [1.807, 2.05) is 11.4 Å². The van der Waals surface area contributed by atoms with E-state index < -0.39 is 0 Å². The standard InChI is InChI=1S/C15H12FN3OS2/c1-9(14(20)19-11-4-2-3-10(16)7-11)22-15-13-12(5-6-21-13)17-8-18-15/h2-9H,1H3,(H,19,20). The molecule has 112 valence electrons. The van der Waals surface area contributed by atoms with Crippen molar-refractivity contribution in [3.05, 3.63) is 47.9 Å². The minimum Gasteiger partial charge on any atom is -0.325 e. The van der Waals surface area contributed by atoms with E-state index in [9.17, 15) is 9.18 Å². The van der Waals surface area contributed by atoms with Crippen molar-refractivity contribution in [3.8, 4) is 0 Å². The lowest BCUT2D eigenvalue weighted by atomic mass is 10.3. The summed E-state index contributed by atoms with van der Waals surface area (Å²) in [4.78, 5) is 20.6. The highest BCUT2D eigenvalue weighted by Crippen LogP contribution is 2.31. The van der Waals surface area contributed by atoms with E-state index in [2.05, 4.69) is 15.3 Å². The number of benzene rings is 1. The zero-order chi connectivity index (χ0) is 15.5. The van der Waals surface area contributed by atoms with Gasteiger partial charge in [0.15, 0.2) is 0 Å². The Hall–Kier alpha value is -1.99. The molecule has 1 atom stereocenters. The molecule has 22 heavy (non-hydrogen) atoms. The van der Waals surface area contributed by atoms with E-state index >= 15 is 0 Å². The number of rotatable bonds is 4. The Labute approximate surface area is 134 Å². The third-order valence-electron chi connectivity index (χ3n) is 2.96. The van der Waals surface area contributed by atoms with Crippen LogP contribution in [0.25, 0.3) is 10.2 Å². The number of fused-ring (bicyclic) bond motifs is 1. The van der Waals surface area contributed by atoms with E-state index in [1.54, 1.807) is 30.4 Å². The Morgan fingerprint density at radius 2 is 2.23 bits per heavy atom. The molecule has 1 unspecified atom stereocenters. The average molecular weight is 333 g/mol. The third kappa shape index (κ3) is 3.26. The SMILES string of the molecule is CC(Sc1ncnc2ccsc12)C(=O)Nc1cccc(F)c1. The van der Waals surface area contributed by atoms with Crippen molar-refractivity contribution in [1.82, 2.24) is 9.97 Å². The summed E-state index contributed by atoms with van der Waals surface area (Å²) in [6.07, 6.45) is 1.49. The molecule has 0 spiro atoms. The van der Waals surface area contributed by atoms with Crippen LogP contribution in [0.1, 0.15) is 6.92 Å². The predicted molar refractivity (Wildman–Crippen MR) is 87.8 cm³/mol. The molecule has 0 aliphatic carbocycles. The maximum absolute atomic E-state index is 13.1. The Bertz CT molecular complexity index is 821. The van der Waals surface area contributed by atoms with Crippen LogP contribution in [0.15, 0.2) is 47.1 Å². The number of hydrogen-bond donors (Lipinski definition) is 1. The maximum Gasteiger partial charge on any atom is 0.237 e. The van der Waals surface area contributed by atoms with Crippen molar-refractivity contribution in [2.45, 2.75) is 17.2 Å². The number of carbonyl (C=O) groups is 1. The summed E-state index contributed by atoms with van der Waals surface area (Å²) in [5.41, 5.74) is 1.32. The number of anilines is 1. The molecule has 0 aliphatic heterocycles. The molecule has 1 amide bonds. The van der Waals surface area contributed by atoms with Crippen molar-refractivity contribution >= 4 is 44.9 Å². The first-order valence-corrected chi connectivity index (χ1v) is 8.31. The van der Waals surface area contributed by atoms with Gasteiger partial charge in [0.2, 0.25) is 5.91 Å². The molecule has 3 aromatic rings. The van der Waals surface area contributed by atoms with Crippen molar-refractivity contribution in [3.63, 3.8) is 0 Å². The van der Waals surface area contributed by atoms with Crippen LogP contribution >= 0.6 is 23.1 Å². The quantitative estimate of drug-likeness (QED) is 0.580. The van der Waals surface area contributed by atoms with E-state index in [0.29, 0.717) is 5.69 Å². The first-order valence-electron chi connectivity index (χ1n) is 6.55. The molecule has 0 saturated carbocycles. The highest BCUT2D eigenvalue weighted by Gasteiger charge is 2.17. The molecule has 4 nitrogen and oxygen atoms in total. The van der Waals surface area contributed by atoms with E-state index in [4.69, 9.17) is 0 Å². The highest BCUT2D eigenvalue weighted by atomic mass is 32.2. The van der Waals surface area contributed by atoms with Gasteiger partial charge in [-0.1, -0.05) is 17.8 Å². The van der Waals surface area contributed by atoms with Gasteiger partial charge in [-0.3, -0.25) is 4.79 Å². The van der Waals surface area contributed by atoms with Gasteiger partial charge in [0.25, 0.3) is 0 Å². The highest BCUT2D eigenvalue weighted by molar-refractivity contribution is 8.00. The molecule has 0 saturated heterocycles. The number of halogens is 1. The van der Waals surface area contributed by atoms with Gasteiger partial charge in [0, 0.05) is 5.69 Å². The Balaban J connectivity index is 1.72. The van der Waals surface area contributed by atoms with Gasteiger partial charge in [0.1, 0.15) is 17.2 Å². The van der Waals surface area contributed by atoms with Gasteiger partial charge < -0.3 is 5.32 Å². The molecule has 1 aromatic carbocycles. The molecule has 2 aromatic heterocycles. The molecular weight excluding hydrogens is 321 g/mol. The Kier molecular flexibility index (Phi) is 4.35. The summed E-state index contributed by atoms with van der Waals surface area (Å²) in [5.74, 6) is -0.576. The van der Waals surface area contributed by atoms with E-state index in [-0.39, 0.29) is 17.0 Å². The zero-order valence-electron chi connectivity index (χ0n) is 11.6. The fraction of sp³-hybridized carbons (Fsp3) is 0.133. The number of nitrogens with one attached hydrogen (secondary N) is 1. The van der Waals surface area contributed by atoms with Crippen LogP contribution in [0.4, 0.5) is 10.1 Å². The van der Waals surface area contributed by atoms with Crippen LogP contribution in [0.5, 0.6) is 0 Å². The summed E-state index contributed by atoms with van der Waals surface area (Å²) >= 11 is 2.91. The van der Waals surface area contributed by atoms with Gasteiger partial charge in [-0.05, 0) is 36.6 Å². The molecule has 7 heteroatoms. The maximum atomic E-state index is 13.1. The van der Waals surface area contributed by atoms with Crippen LogP contribution in [-0.2, 0) is 4.79 Å². The molecule has 3 rings (SSSR count). The summed E-state index contributed by atoms with van der Waals surface area (Å²) in [5, 5.41) is 5.07. The Morgan fingerprint density at radius 1 is 1.36 bits per heavy atom. The molecule has 0 aliphatic rings. The summed E-state index contributed by atoms with van der Waals surface area (Å²) in [6.45, 7) is 1.79. The molecule has 0 fully saturated rings. The number of thiophene rings is 1. The minimum atomic E-state index is -0.380. The molecular formula is C15H12FN3OS2. The van der Waals surface area contributed by atoms with Crippen LogP contribution in [0.2, 0.25) is 0 Å². The lowest BCUT2D eigenvalue weighted by molar-refractivity contribution is -0.115. The van der Waals surface area contributed by atoms with Gasteiger partial charge in [-0.15, -0.1) is 11.3 Å². The van der Waals surface area contributed by atoms with Gasteiger partial charge in [-0.25, -0.2) is 14.4 Å². The number of nitrogens with zero attached hydrogens (tertiary/aromatic N) is 2. The van der Waals surface area contributed by atoms with Crippen LogP contribution in [0, 0.1) is 5.82 Å². The lowest BCUT2D eigenvalue weighted by Crippen LogP contribution is -2.22. The first kappa shape index (κ1) is 14.9. The Morgan fingerprint density at radius 3 is 3.05 bits per heavy atom. The second-order valence-electron chi connectivity index (χ2n) is 4.57.